The summed E-state index contributed by atoms with van der Waals surface area (Å²) in [5.74, 6) is 6.17. The molecule has 0 heterocycles. The normalized spacial score (nSPS) is 18.9. The number of fused-ring (bicyclic) bond motifs is 6. The maximum Gasteiger partial charge on any atom is -1.00 e. The van der Waals surface area contributed by atoms with E-state index in [4.69, 9.17) is 0 Å². The van der Waals surface area contributed by atoms with Gasteiger partial charge in [0, 0.05) is 0 Å². The van der Waals surface area contributed by atoms with E-state index in [2.05, 4.69) is 134 Å². The Balaban J connectivity index is 0.00000154. The summed E-state index contributed by atoms with van der Waals surface area (Å²) in [7, 11) is -1.31. The van der Waals surface area contributed by atoms with Gasteiger partial charge in [-0.3, -0.25) is 0 Å². The van der Waals surface area contributed by atoms with Gasteiger partial charge in [-0.15, -0.1) is 0 Å². The van der Waals surface area contributed by atoms with Gasteiger partial charge in [-0.2, -0.15) is 0 Å². The van der Waals surface area contributed by atoms with Crippen LogP contribution in [0.4, 0.5) is 0 Å². The van der Waals surface area contributed by atoms with Crippen LogP contribution in [-0.4, -0.2) is 9.98 Å². The van der Waals surface area contributed by atoms with Crippen LogP contribution in [0.3, 0.4) is 0 Å². The van der Waals surface area contributed by atoms with Crippen LogP contribution in [0.25, 0.3) is 17.7 Å². The van der Waals surface area contributed by atoms with Crippen molar-refractivity contribution < 1.29 is 43.4 Å². The third-order valence-electron chi connectivity index (χ3n) is 8.21. The molecule has 0 spiro atoms. The topological polar surface area (TPSA) is 0 Å². The predicted octanol–water partition coefficient (Wildman–Crippen LogP) is 3.11. The molecule has 0 bridgehead atoms. The average molecular weight is 685 g/mol. The van der Waals surface area contributed by atoms with Gasteiger partial charge in [0.2, 0.25) is 0 Å². The van der Waals surface area contributed by atoms with Crippen LogP contribution in [0.15, 0.2) is 126 Å². The van der Waals surface area contributed by atoms with Crippen molar-refractivity contribution in [1.29, 1.82) is 0 Å². The third-order valence-corrected chi connectivity index (χ3v) is 34.5. The van der Waals surface area contributed by atoms with Crippen molar-refractivity contribution in [2.45, 2.75) is 30.3 Å². The number of hydrogen-bond acceptors (Lipinski definition) is 0. The second-order valence-corrected chi connectivity index (χ2v) is 38.2. The van der Waals surface area contributed by atoms with Crippen LogP contribution in [0.1, 0.15) is 39.7 Å². The van der Waals surface area contributed by atoms with Crippen molar-refractivity contribution in [1.82, 2.24) is 0 Å². The minimum absolute atomic E-state index is 0. The molecule has 0 aliphatic heterocycles. The average Bonchev–Trinajstić information content (AvgIpc) is 3.42. The van der Waals surface area contributed by atoms with E-state index in [1.165, 1.54) is 27.8 Å². The van der Waals surface area contributed by atoms with Crippen molar-refractivity contribution in [3.63, 3.8) is 0 Å². The fourth-order valence-electron chi connectivity index (χ4n) is 6.61. The van der Waals surface area contributed by atoms with Crippen molar-refractivity contribution in [2.75, 3.05) is 0 Å². The van der Waals surface area contributed by atoms with Gasteiger partial charge in [-0.1, -0.05) is 0 Å². The van der Waals surface area contributed by atoms with Crippen molar-refractivity contribution >= 4 is 16.5 Å². The Morgan fingerprint density at radius 2 is 1.18 bits per heavy atom. The maximum absolute atomic E-state index is 2.66. The Hall–Kier alpha value is -1.89. The molecule has 0 N–H and O–H groups in total. The van der Waals surface area contributed by atoms with E-state index in [-0.39, 0.29) is 24.8 Å². The summed E-state index contributed by atoms with van der Waals surface area (Å²) in [6, 6.07) is 25.5. The zero-order chi connectivity index (χ0) is 25.1. The minimum Gasteiger partial charge on any atom is -1.00 e. The standard InChI is InChI=1S/C19H13.C14H11.C2H6Ge.2ClH.Zr/c1-2-6-14(7-3-1)15-10-11-19-17(12-15)13-16-8-4-5-9-18(16)19;1-10-6-7-14-12(8-10)9-11-4-2-3-5-13(11)14;1-3-2;;;/h1-12,18H;2-8,13H,1H3;1-2H3;2*1H;/q;;;;;+2/p-2. The Morgan fingerprint density at radius 3 is 1.77 bits per heavy atom. The van der Waals surface area contributed by atoms with Crippen LogP contribution in [0.2, 0.25) is 11.5 Å². The molecule has 0 radical (unpaired) electrons. The van der Waals surface area contributed by atoms with Crippen LogP contribution >= 0.6 is 0 Å². The summed E-state index contributed by atoms with van der Waals surface area (Å²) in [5.41, 5.74) is 13.4. The van der Waals surface area contributed by atoms with Gasteiger partial charge in [-0.05, 0) is 0 Å². The fourth-order valence-corrected chi connectivity index (χ4v) is 34.0. The number of rotatable bonds is 3. The molecule has 0 amide bonds. The van der Waals surface area contributed by atoms with Crippen LogP contribution in [-0.2, 0) is 18.6 Å². The Bertz CT molecular complexity index is 1700. The molecular formula is C35H30Cl2GeZr. The van der Waals surface area contributed by atoms with Crippen LogP contribution < -0.4 is 24.8 Å². The van der Waals surface area contributed by atoms with Gasteiger partial charge in [0.15, 0.2) is 0 Å². The van der Waals surface area contributed by atoms with Gasteiger partial charge >= 0.3 is 231 Å². The summed E-state index contributed by atoms with van der Waals surface area (Å²) in [4.78, 5) is 0. The van der Waals surface area contributed by atoms with Crippen molar-refractivity contribution in [2.24, 2.45) is 0 Å². The molecule has 39 heavy (non-hydrogen) atoms. The Kier molecular flexibility index (Phi) is 8.47. The van der Waals surface area contributed by atoms with Crippen molar-refractivity contribution in [3.8, 4) is 11.1 Å². The van der Waals surface area contributed by atoms with Gasteiger partial charge in [-0.25, -0.2) is 0 Å². The van der Waals surface area contributed by atoms with Gasteiger partial charge in [0.25, 0.3) is 0 Å². The number of aryl methyl sites for hydroxylation is 1. The molecule has 3 aromatic rings. The first-order chi connectivity index (χ1) is 18.1. The van der Waals surface area contributed by atoms with E-state index < -0.39 is 28.6 Å². The molecule has 0 aromatic heterocycles. The summed E-state index contributed by atoms with van der Waals surface area (Å²) in [6.07, 6.45) is 18.8. The first-order valence-corrected chi connectivity index (χ1v) is 27.4. The second kappa shape index (κ2) is 11.5. The summed E-state index contributed by atoms with van der Waals surface area (Å²) in [5, 5.41) is 0. The SMILES string of the molecule is Cc1ccc2c(c1)[C]([Zr+2]([C]1=C3C=CC=CC3c3ccc(-c4ccccc4)cc31)=[Ge]([CH3])[CH3])=C1C=CC=CC12.[Cl-].[Cl-]. The van der Waals surface area contributed by atoms with E-state index in [9.17, 15) is 0 Å². The molecule has 7 rings (SSSR count). The first-order valence-electron chi connectivity index (χ1n) is 13.3. The van der Waals surface area contributed by atoms with Gasteiger partial charge in [0.05, 0.1) is 0 Å². The van der Waals surface area contributed by atoms with Gasteiger partial charge in [0.1, 0.15) is 0 Å². The molecule has 3 aromatic carbocycles. The molecule has 0 saturated carbocycles. The van der Waals surface area contributed by atoms with Crippen LogP contribution in [0, 0.1) is 6.92 Å². The number of halogens is 2. The first kappa shape index (κ1) is 28.6. The monoisotopic (exact) mass is 684 g/mol. The Morgan fingerprint density at radius 1 is 0.615 bits per heavy atom. The largest absolute Gasteiger partial charge is 1.00 e. The van der Waals surface area contributed by atoms with Crippen LogP contribution in [0.5, 0.6) is 0 Å². The third kappa shape index (κ3) is 4.74. The quantitative estimate of drug-likeness (QED) is 0.373. The fraction of sp³-hybridized carbons (Fsp3) is 0.143. The molecule has 4 aliphatic carbocycles. The zero-order valence-corrected chi connectivity index (χ0v) is 28.4. The number of allylic oxidation sites excluding steroid dienone is 10. The molecule has 0 fully saturated rings. The van der Waals surface area contributed by atoms with E-state index in [1.807, 2.05) is 0 Å². The molecule has 0 saturated heterocycles. The zero-order valence-electron chi connectivity index (χ0n) is 22.4. The summed E-state index contributed by atoms with van der Waals surface area (Å²) >= 11 is -2.26. The second-order valence-electron chi connectivity index (χ2n) is 10.7. The van der Waals surface area contributed by atoms with Crippen molar-refractivity contribution in [3.05, 3.63) is 154 Å². The smallest absolute Gasteiger partial charge is 1.00 e. The molecule has 192 valence electrons. The molecular weight excluding hydrogens is 655 g/mol. The Labute approximate surface area is 253 Å². The van der Waals surface area contributed by atoms with E-state index in [1.54, 1.807) is 28.8 Å². The van der Waals surface area contributed by atoms with E-state index >= 15 is 0 Å². The predicted molar refractivity (Wildman–Crippen MR) is 156 cm³/mol. The number of benzene rings is 3. The minimum atomic E-state index is -2.26. The van der Waals surface area contributed by atoms with Gasteiger partial charge < -0.3 is 24.8 Å². The molecule has 0 nitrogen and oxygen atoms in total. The molecule has 2 unspecified atom stereocenters. The molecule has 4 heteroatoms. The number of hydrogen-bond donors (Lipinski definition) is 0. The molecule has 4 aliphatic rings. The van der Waals surface area contributed by atoms with E-state index in [0.717, 1.165) is 0 Å². The summed E-state index contributed by atoms with van der Waals surface area (Å²) < 4.78 is 3.59. The summed E-state index contributed by atoms with van der Waals surface area (Å²) in [6.45, 7) is 2.26. The maximum atomic E-state index is 2.66. The van der Waals surface area contributed by atoms with E-state index in [0.29, 0.717) is 11.8 Å². The molecule has 2 atom stereocenters.